The van der Waals surface area contributed by atoms with E-state index in [1.165, 1.54) is 6.20 Å². The number of anilines is 1. The van der Waals surface area contributed by atoms with E-state index < -0.39 is 16.5 Å². The lowest BCUT2D eigenvalue weighted by Gasteiger charge is -2.05. The summed E-state index contributed by atoms with van der Waals surface area (Å²) in [6, 6.07) is 4.37. The summed E-state index contributed by atoms with van der Waals surface area (Å²) in [7, 11) is 0. The molecule has 2 heterocycles. The second-order valence-electron chi connectivity index (χ2n) is 3.61. The van der Waals surface area contributed by atoms with E-state index in [9.17, 15) is 14.9 Å². The number of carbonyl (C=O) groups excluding carboxylic acids is 1. The Hall–Kier alpha value is -2.06. The molecule has 1 amide bonds. The van der Waals surface area contributed by atoms with E-state index in [-0.39, 0.29) is 10.7 Å². The van der Waals surface area contributed by atoms with Gasteiger partial charge in [0, 0.05) is 0 Å². The van der Waals surface area contributed by atoms with E-state index >= 15 is 0 Å². The van der Waals surface area contributed by atoms with Gasteiger partial charge in [0.05, 0.1) is 16.8 Å². The molecule has 0 aliphatic carbocycles. The molecule has 0 radical (unpaired) electrons. The standard InChI is InChI=1S/C11H6BrClN4O3/c12-9-2-1-6(4-14-9)16-11(18)7-3-10(13)15-5-8(7)17(19)20/h1-5H,(H,16,18). The van der Waals surface area contributed by atoms with Crippen LogP contribution in [0.5, 0.6) is 0 Å². The number of hydrogen-bond acceptors (Lipinski definition) is 5. The second kappa shape index (κ2) is 5.93. The largest absolute Gasteiger partial charge is 0.320 e. The van der Waals surface area contributed by atoms with Crippen molar-refractivity contribution >= 4 is 44.8 Å². The van der Waals surface area contributed by atoms with Crippen LogP contribution in [0.1, 0.15) is 10.4 Å². The zero-order valence-corrected chi connectivity index (χ0v) is 12.1. The van der Waals surface area contributed by atoms with Crippen molar-refractivity contribution in [2.75, 3.05) is 5.32 Å². The Morgan fingerprint density at radius 3 is 2.70 bits per heavy atom. The van der Waals surface area contributed by atoms with Crippen LogP contribution in [0.3, 0.4) is 0 Å². The monoisotopic (exact) mass is 356 g/mol. The summed E-state index contributed by atoms with van der Waals surface area (Å²) in [5.74, 6) is -0.662. The molecule has 0 unspecified atom stereocenters. The van der Waals surface area contributed by atoms with E-state index in [0.717, 1.165) is 12.3 Å². The Morgan fingerprint density at radius 2 is 2.10 bits per heavy atom. The number of nitrogens with one attached hydrogen (secondary N) is 1. The average Bonchev–Trinajstić information content (AvgIpc) is 2.41. The molecule has 0 bridgehead atoms. The van der Waals surface area contributed by atoms with Crippen molar-refractivity contribution in [3.05, 3.63) is 56.0 Å². The number of carbonyl (C=O) groups is 1. The molecule has 0 saturated heterocycles. The van der Waals surface area contributed by atoms with Crippen LogP contribution >= 0.6 is 27.5 Å². The predicted octanol–water partition coefficient (Wildman–Crippen LogP) is 3.05. The van der Waals surface area contributed by atoms with Gasteiger partial charge in [-0.3, -0.25) is 14.9 Å². The number of aromatic nitrogens is 2. The zero-order valence-electron chi connectivity index (χ0n) is 9.71. The Labute approximate surface area is 126 Å². The number of rotatable bonds is 3. The van der Waals surface area contributed by atoms with E-state index in [2.05, 4.69) is 31.2 Å². The number of nitrogens with zero attached hydrogens (tertiary/aromatic N) is 3. The molecule has 0 fully saturated rings. The maximum Gasteiger partial charge on any atom is 0.300 e. The van der Waals surface area contributed by atoms with Crippen molar-refractivity contribution in [3.63, 3.8) is 0 Å². The molecule has 0 saturated carbocycles. The van der Waals surface area contributed by atoms with Crippen LogP contribution in [0.4, 0.5) is 11.4 Å². The molecule has 0 aliphatic rings. The van der Waals surface area contributed by atoms with Crippen molar-refractivity contribution in [1.82, 2.24) is 9.97 Å². The first-order valence-electron chi connectivity index (χ1n) is 5.20. The van der Waals surface area contributed by atoms with E-state index in [1.807, 2.05) is 0 Å². The van der Waals surface area contributed by atoms with Gasteiger partial charge >= 0.3 is 0 Å². The molecule has 7 nitrogen and oxygen atoms in total. The van der Waals surface area contributed by atoms with Crippen LogP contribution in [0.25, 0.3) is 0 Å². The highest BCUT2D eigenvalue weighted by atomic mass is 79.9. The van der Waals surface area contributed by atoms with E-state index in [0.29, 0.717) is 10.3 Å². The Bertz CT molecular complexity index is 678. The normalized spacial score (nSPS) is 10.1. The van der Waals surface area contributed by atoms with Gasteiger partial charge in [-0.1, -0.05) is 11.6 Å². The first kappa shape index (κ1) is 14.4. The van der Waals surface area contributed by atoms with Crippen molar-refractivity contribution in [2.24, 2.45) is 0 Å². The summed E-state index contributed by atoms with van der Waals surface area (Å²) in [6.45, 7) is 0. The predicted molar refractivity (Wildman–Crippen MR) is 75.8 cm³/mol. The van der Waals surface area contributed by atoms with Crippen LogP contribution in [0.2, 0.25) is 5.15 Å². The number of pyridine rings is 2. The number of halogens is 2. The Balaban J connectivity index is 2.31. The topological polar surface area (TPSA) is 98.0 Å². The molecule has 0 spiro atoms. The van der Waals surface area contributed by atoms with Crippen LogP contribution in [-0.2, 0) is 0 Å². The Kier molecular flexibility index (Phi) is 4.26. The Morgan fingerprint density at radius 1 is 1.35 bits per heavy atom. The van der Waals surface area contributed by atoms with Gasteiger partial charge in [-0.2, -0.15) is 0 Å². The molecule has 0 aliphatic heterocycles. The van der Waals surface area contributed by atoms with Gasteiger partial charge in [0.25, 0.3) is 11.6 Å². The summed E-state index contributed by atoms with van der Waals surface area (Å²) in [6.07, 6.45) is 2.35. The van der Waals surface area contributed by atoms with Gasteiger partial charge in [-0.05, 0) is 34.1 Å². The van der Waals surface area contributed by atoms with Gasteiger partial charge in [-0.25, -0.2) is 9.97 Å². The smallest absolute Gasteiger partial charge is 0.300 e. The fraction of sp³-hybridized carbons (Fsp3) is 0. The summed E-state index contributed by atoms with van der Waals surface area (Å²) in [4.78, 5) is 29.7. The molecule has 9 heteroatoms. The van der Waals surface area contributed by atoms with Crippen LogP contribution in [0.15, 0.2) is 35.2 Å². The lowest BCUT2D eigenvalue weighted by Crippen LogP contribution is -2.14. The van der Waals surface area contributed by atoms with Crippen LogP contribution in [0, 0.1) is 10.1 Å². The average molecular weight is 358 g/mol. The SMILES string of the molecule is O=C(Nc1ccc(Br)nc1)c1cc(Cl)ncc1[N+](=O)[O-]. The molecule has 2 aromatic rings. The van der Waals surface area contributed by atoms with E-state index in [1.54, 1.807) is 12.1 Å². The molecule has 102 valence electrons. The lowest BCUT2D eigenvalue weighted by molar-refractivity contribution is -0.385. The third kappa shape index (κ3) is 3.28. The van der Waals surface area contributed by atoms with Gasteiger partial charge < -0.3 is 5.32 Å². The summed E-state index contributed by atoms with van der Waals surface area (Å²) in [5.41, 5.74) is -0.185. The fourth-order valence-corrected chi connectivity index (χ4v) is 1.79. The van der Waals surface area contributed by atoms with Gasteiger partial charge in [0.2, 0.25) is 0 Å². The molecule has 1 N–H and O–H groups in total. The van der Waals surface area contributed by atoms with Gasteiger partial charge in [0.1, 0.15) is 21.5 Å². The quantitative estimate of drug-likeness (QED) is 0.517. The van der Waals surface area contributed by atoms with Crippen LogP contribution in [-0.4, -0.2) is 20.8 Å². The highest BCUT2D eigenvalue weighted by Crippen LogP contribution is 2.21. The first-order valence-corrected chi connectivity index (χ1v) is 6.37. The maximum atomic E-state index is 12.0. The maximum absolute atomic E-state index is 12.0. The van der Waals surface area contributed by atoms with Crippen LogP contribution < -0.4 is 5.32 Å². The minimum absolute atomic E-state index is 0.00492. The molecular formula is C11H6BrClN4O3. The first-order chi connectivity index (χ1) is 9.47. The zero-order chi connectivity index (χ0) is 14.7. The molecule has 0 atom stereocenters. The number of amides is 1. The highest BCUT2D eigenvalue weighted by Gasteiger charge is 2.21. The van der Waals surface area contributed by atoms with Gasteiger partial charge in [0.15, 0.2) is 0 Å². The van der Waals surface area contributed by atoms with Crippen molar-refractivity contribution < 1.29 is 9.72 Å². The number of nitro groups is 1. The second-order valence-corrected chi connectivity index (χ2v) is 4.80. The minimum atomic E-state index is -0.696. The van der Waals surface area contributed by atoms with Crippen molar-refractivity contribution in [3.8, 4) is 0 Å². The molecule has 2 rings (SSSR count). The van der Waals surface area contributed by atoms with Gasteiger partial charge in [-0.15, -0.1) is 0 Å². The molecule has 2 aromatic heterocycles. The molecule has 20 heavy (non-hydrogen) atoms. The summed E-state index contributed by atoms with van der Waals surface area (Å²) in [5, 5.41) is 13.3. The molecule has 0 aromatic carbocycles. The van der Waals surface area contributed by atoms with Crippen molar-refractivity contribution in [2.45, 2.75) is 0 Å². The lowest BCUT2D eigenvalue weighted by atomic mass is 10.2. The van der Waals surface area contributed by atoms with E-state index in [4.69, 9.17) is 11.6 Å². The fourth-order valence-electron chi connectivity index (χ4n) is 1.40. The third-order valence-electron chi connectivity index (χ3n) is 2.28. The number of hydrogen-bond donors (Lipinski definition) is 1. The summed E-state index contributed by atoms with van der Waals surface area (Å²) < 4.78 is 0.605. The minimum Gasteiger partial charge on any atom is -0.320 e. The summed E-state index contributed by atoms with van der Waals surface area (Å²) >= 11 is 8.82. The third-order valence-corrected chi connectivity index (χ3v) is 2.95. The highest BCUT2D eigenvalue weighted by molar-refractivity contribution is 9.10. The molecular weight excluding hydrogens is 352 g/mol. The van der Waals surface area contributed by atoms with Crippen molar-refractivity contribution in [1.29, 1.82) is 0 Å².